The summed E-state index contributed by atoms with van der Waals surface area (Å²) in [5, 5.41) is 0. The summed E-state index contributed by atoms with van der Waals surface area (Å²) in [6.07, 6.45) is 6.34. The molecule has 0 fully saturated rings. The van der Waals surface area contributed by atoms with Crippen LogP contribution in [0.3, 0.4) is 0 Å². The van der Waals surface area contributed by atoms with Crippen molar-refractivity contribution in [3.05, 3.63) is 111 Å². The largest absolute Gasteiger partial charge is 0.496 e. The van der Waals surface area contributed by atoms with Gasteiger partial charge in [-0.1, -0.05) is 24.3 Å². The van der Waals surface area contributed by atoms with Crippen molar-refractivity contribution >= 4 is 11.9 Å². The Morgan fingerprint density at radius 2 is 0.969 bits per heavy atom. The second-order valence-corrected chi connectivity index (χ2v) is 18.3. The molecule has 0 N–H and O–H groups in total. The Kier molecular flexibility index (Phi) is 16.3. The van der Waals surface area contributed by atoms with Crippen LogP contribution in [-0.4, -0.2) is 110 Å². The summed E-state index contributed by atoms with van der Waals surface area (Å²) in [5.41, 5.74) is 11.3. The summed E-state index contributed by atoms with van der Waals surface area (Å²) in [6.45, 7) is 10.3. The third-order valence-corrected chi connectivity index (χ3v) is 14.2. The molecule has 0 radical (unpaired) electrons. The molecule has 346 valence electrons. The van der Waals surface area contributed by atoms with E-state index in [9.17, 15) is 9.59 Å². The van der Waals surface area contributed by atoms with Crippen LogP contribution in [0.2, 0.25) is 0 Å². The van der Waals surface area contributed by atoms with E-state index in [4.69, 9.17) is 33.2 Å². The third kappa shape index (κ3) is 11.3. The van der Waals surface area contributed by atoms with E-state index in [-0.39, 0.29) is 24.0 Å². The number of carbonyl (C=O) groups is 2. The molecule has 0 aromatic heterocycles. The fourth-order valence-corrected chi connectivity index (χ4v) is 9.86. The van der Waals surface area contributed by atoms with E-state index < -0.39 is 0 Å². The SMILES string of the molecule is COc1cc(CC2c3cc(C)c(C)cc3CC[N+]2(C)CCC(=O)OCCCCCOC(=O)CC[N+]2(C)CCc3cc(OC)c(OC)cc3C2Cc2ccc(OC)c(OC)c2)ccc1C. The number of rotatable bonds is 21. The zero-order valence-electron chi connectivity index (χ0n) is 40.1. The van der Waals surface area contributed by atoms with Crippen LogP contribution in [0, 0.1) is 20.8 Å². The molecule has 2 aliphatic heterocycles. The van der Waals surface area contributed by atoms with Gasteiger partial charge in [0.1, 0.15) is 17.8 Å². The zero-order valence-corrected chi connectivity index (χ0v) is 40.1. The van der Waals surface area contributed by atoms with Gasteiger partial charge in [-0.25, -0.2) is 0 Å². The van der Waals surface area contributed by atoms with Gasteiger partial charge in [-0.15, -0.1) is 0 Å². The van der Waals surface area contributed by atoms with Crippen LogP contribution in [-0.2, 0) is 44.7 Å². The molecule has 4 atom stereocenters. The van der Waals surface area contributed by atoms with E-state index >= 15 is 0 Å². The number of aryl methyl sites for hydroxylation is 3. The number of carbonyl (C=O) groups excluding carboxylic acids is 2. The number of nitrogens with zero attached hydrogens (tertiary/aromatic N) is 2. The maximum atomic E-state index is 13.2. The fraction of sp³-hybridized carbons (Fsp3) is 0.509. The number of methoxy groups -OCH3 is 5. The Balaban J connectivity index is 0.972. The van der Waals surface area contributed by atoms with Crippen molar-refractivity contribution < 1.29 is 51.7 Å². The Labute approximate surface area is 381 Å². The van der Waals surface area contributed by atoms with Gasteiger partial charge in [0.2, 0.25) is 0 Å². The summed E-state index contributed by atoms with van der Waals surface area (Å²) < 4.78 is 41.1. The topological polar surface area (TPSA) is 98.8 Å². The monoisotopic (exact) mass is 881 g/mol. The van der Waals surface area contributed by atoms with Crippen molar-refractivity contribution in [2.75, 3.05) is 89.0 Å². The molecule has 0 amide bonds. The average molecular weight is 881 g/mol. The molecule has 0 saturated heterocycles. The van der Waals surface area contributed by atoms with Crippen molar-refractivity contribution in [2.24, 2.45) is 0 Å². The quantitative estimate of drug-likeness (QED) is 0.0462. The minimum Gasteiger partial charge on any atom is -0.496 e. The molecule has 0 spiro atoms. The van der Waals surface area contributed by atoms with Gasteiger partial charge in [0.15, 0.2) is 23.0 Å². The van der Waals surface area contributed by atoms with Gasteiger partial charge < -0.3 is 42.1 Å². The van der Waals surface area contributed by atoms with Crippen LogP contribution in [0.25, 0.3) is 0 Å². The molecule has 11 nitrogen and oxygen atoms in total. The summed E-state index contributed by atoms with van der Waals surface area (Å²) >= 11 is 0. The summed E-state index contributed by atoms with van der Waals surface area (Å²) in [6, 6.07) is 21.7. The highest BCUT2D eigenvalue weighted by Gasteiger charge is 2.41. The third-order valence-electron chi connectivity index (χ3n) is 14.2. The van der Waals surface area contributed by atoms with E-state index in [0.29, 0.717) is 73.0 Å². The molecule has 64 heavy (non-hydrogen) atoms. The number of fused-ring (bicyclic) bond motifs is 2. The lowest BCUT2D eigenvalue weighted by Gasteiger charge is -2.46. The first-order valence-electron chi connectivity index (χ1n) is 22.9. The van der Waals surface area contributed by atoms with Crippen molar-refractivity contribution in [1.82, 2.24) is 0 Å². The van der Waals surface area contributed by atoms with Gasteiger partial charge in [-0.3, -0.25) is 9.59 Å². The molecular formula is C53H72N2O9+2. The molecule has 0 aliphatic carbocycles. The number of unbranched alkanes of at least 4 members (excludes halogenated alkanes) is 2. The molecule has 2 aliphatic rings. The Morgan fingerprint density at radius 3 is 1.52 bits per heavy atom. The molecule has 0 saturated carbocycles. The molecule has 4 aromatic carbocycles. The highest BCUT2D eigenvalue weighted by molar-refractivity contribution is 5.69. The average Bonchev–Trinajstić information content (AvgIpc) is 3.30. The fourth-order valence-electron chi connectivity index (χ4n) is 9.86. The molecule has 11 heteroatoms. The van der Waals surface area contributed by atoms with Gasteiger partial charge in [-0.05, 0) is 115 Å². The summed E-state index contributed by atoms with van der Waals surface area (Å²) in [7, 11) is 12.9. The normalized spacial score (nSPS) is 20.1. The lowest BCUT2D eigenvalue weighted by Crippen LogP contribution is -2.53. The number of benzene rings is 4. The first-order chi connectivity index (χ1) is 30.7. The molecule has 4 aromatic rings. The second-order valence-electron chi connectivity index (χ2n) is 18.3. The Hall–Kier alpha value is -5.26. The van der Waals surface area contributed by atoms with Crippen LogP contribution < -0.4 is 23.7 Å². The van der Waals surface area contributed by atoms with Crippen molar-refractivity contribution in [2.45, 2.75) is 90.6 Å². The smallest absolute Gasteiger partial charge is 0.311 e. The Morgan fingerprint density at radius 1 is 0.516 bits per heavy atom. The highest BCUT2D eigenvalue weighted by Crippen LogP contribution is 2.44. The predicted molar refractivity (Wildman–Crippen MR) is 250 cm³/mol. The van der Waals surface area contributed by atoms with Crippen molar-refractivity contribution in [3.63, 3.8) is 0 Å². The highest BCUT2D eigenvalue weighted by atomic mass is 16.5. The number of hydrogen-bond acceptors (Lipinski definition) is 9. The maximum Gasteiger partial charge on any atom is 0.311 e. The van der Waals surface area contributed by atoms with Gasteiger partial charge in [0, 0.05) is 36.8 Å². The first-order valence-corrected chi connectivity index (χ1v) is 22.9. The number of hydrogen-bond donors (Lipinski definition) is 0. The van der Waals surface area contributed by atoms with Gasteiger partial charge in [0.05, 0.1) is 102 Å². The van der Waals surface area contributed by atoms with Gasteiger partial charge in [-0.2, -0.15) is 0 Å². The lowest BCUT2D eigenvalue weighted by atomic mass is 9.84. The van der Waals surface area contributed by atoms with Crippen LogP contribution in [0.5, 0.6) is 28.7 Å². The van der Waals surface area contributed by atoms with Gasteiger partial charge >= 0.3 is 11.9 Å². The molecule has 4 unspecified atom stereocenters. The van der Waals surface area contributed by atoms with Crippen LogP contribution >= 0.6 is 0 Å². The Bertz CT molecular complexity index is 2260. The minimum absolute atomic E-state index is 0.0525. The molecular weight excluding hydrogens is 809 g/mol. The van der Waals surface area contributed by atoms with E-state index in [2.05, 4.69) is 83.4 Å². The van der Waals surface area contributed by atoms with Crippen LogP contribution in [0.15, 0.2) is 60.7 Å². The maximum absolute atomic E-state index is 13.2. The zero-order chi connectivity index (χ0) is 46.0. The van der Waals surface area contributed by atoms with E-state index in [1.165, 1.54) is 38.9 Å². The number of likely N-dealkylation sites (N-methyl/N-ethyl adjacent to an activating group) is 2. The molecule has 6 rings (SSSR count). The van der Waals surface area contributed by atoms with Gasteiger partial charge in [0.25, 0.3) is 0 Å². The van der Waals surface area contributed by atoms with Crippen molar-refractivity contribution in [1.29, 1.82) is 0 Å². The molecule has 0 bridgehead atoms. The van der Waals surface area contributed by atoms with E-state index in [0.717, 1.165) is 73.0 Å². The standard InChI is InChI=1S/C53H72N2O9/c1-36-14-15-39(32-48(36)59-7)30-45-43-29-38(3)37(2)28-41(43)18-22-54(45,4)24-20-52(56)63-26-12-11-13-27-64-53(57)21-25-55(5)23-19-42-34-50(61-9)51(62-10)35-44(42)46(55)31-40-16-17-47(58-6)49(33-40)60-8/h14-17,28-29,32-35,45-46H,11-13,18-27,30-31H2,1-10H3/q+2. The first kappa shape index (κ1) is 48.2. The van der Waals surface area contributed by atoms with Crippen LogP contribution in [0.1, 0.15) is 94.3 Å². The van der Waals surface area contributed by atoms with E-state index in [1.54, 1.807) is 35.5 Å². The predicted octanol–water partition coefficient (Wildman–Crippen LogP) is 8.96. The number of ether oxygens (including phenoxy) is 7. The molecule has 2 heterocycles. The summed E-state index contributed by atoms with van der Waals surface area (Å²) in [4.78, 5) is 26.3. The van der Waals surface area contributed by atoms with Crippen molar-refractivity contribution in [3.8, 4) is 28.7 Å². The second kappa shape index (κ2) is 21.6. The number of esters is 2. The number of quaternary nitrogens is 2. The summed E-state index contributed by atoms with van der Waals surface area (Å²) in [5.74, 6) is 3.32. The minimum atomic E-state index is -0.198. The van der Waals surface area contributed by atoms with E-state index in [1.807, 2.05) is 12.1 Å². The lowest BCUT2D eigenvalue weighted by molar-refractivity contribution is -0.940. The van der Waals surface area contributed by atoms with Crippen LogP contribution in [0.4, 0.5) is 0 Å².